The van der Waals surface area contributed by atoms with Crippen LogP contribution in [0.3, 0.4) is 0 Å². The van der Waals surface area contributed by atoms with E-state index in [1.807, 2.05) is 24.3 Å². The summed E-state index contributed by atoms with van der Waals surface area (Å²) in [5.41, 5.74) is 1.83. The molecule has 2 aromatic carbocycles. The minimum Gasteiger partial charge on any atom is -0.497 e. The fourth-order valence-electron chi connectivity index (χ4n) is 2.86. The Morgan fingerprint density at radius 1 is 1.12 bits per heavy atom. The van der Waals surface area contributed by atoms with Crippen molar-refractivity contribution in [3.05, 3.63) is 63.2 Å². The fraction of sp³-hybridized carbons (Fsp3) is 0.235. The van der Waals surface area contributed by atoms with E-state index in [9.17, 15) is 14.9 Å². The van der Waals surface area contributed by atoms with Crippen molar-refractivity contribution >= 4 is 11.6 Å². The molecule has 1 heterocycles. The normalized spacial score (nSPS) is 12.9. The van der Waals surface area contributed by atoms with Gasteiger partial charge in [-0.05, 0) is 23.8 Å². The first-order valence-electron chi connectivity index (χ1n) is 7.31. The summed E-state index contributed by atoms with van der Waals surface area (Å²) < 4.78 is 10.3. The molecule has 0 unspecified atom stereocenters. The summed E-state index contributed by atoms with van der Waals surface area (Å²) in [6.45, 7) is 0.694. The lowest BCUT2D eigenvalue weighted by Crippen LogP contribution is -2.23. The van der Waals surface area contributed by atoms with Gasteiger partial charge in [0.15, 0.2) is 0 Å². The van der Waals surface area contributed by atoms with Gasteiger partial charge in [0, 0.05) is 23.7 Å². The number of carbonyl (C=O) groups excluding carboxylic acids is 1. The van der Waals surface area contributed by atoms with E-state index >= 15 is 0 Å². The van der Waals surface area contributed by atoms with E-state index in [1.165, 1.54) is 19.2 Å². The number of amides is 1. The van der Waals surface area contributed by atoms with Gasteiger partial charge in [-0.15, -0.1) is 0 Å². The van der Waals surface area contributed by atoms with Crippen LogP contribution in [-0.4, -0.2) is 29.9 Å². The lowest BCUT2D eigenvalue weighted by atomic mass is 10.1. The number of ether oxygens (including phenoxy) is 2. The van der Waals surface area contributed by atoms with Crippen LogP contribution in [0.4, 0.5) is 5.69 Å². The van der Waals surface area contributed by atoms with Crippen molar-refractivity contribution in [2.45, 2.75) is 13.1 Å². The lowest BCUT2D eigenvalue weighted by molar-refractivity contribution is -0.385. The first-order chi connectivity index (χ1) is 11.5. The number of hydrogen-bond acceptors (Lipinski definition) is 5. The molecule has 124 valence electrons. The Labute approximate surface area is 138 Å². The van der Waals surface area contributed by atoms with E-state index < -0.39 is 4.92 Å². The van der Waals surface area contributed by atoms with E-state index in [0.717, 1.165) is 11.3 Å². The zero-order valence-corrected chi connectivity index (χ0v) is 13.3. The highest BCUT2D eigenvalue weighted by Gasteiger charge is 2.33. The molecular weight excluding hydrogens is 312 g/mol. The van der Waals surface area contributed by atoms with Crippen molar-refractivity contribution in [1.29, 1.82) is 0 Å². The maximum atomic E-state index is 12.5. The predicted octanol–water partition coefficient (Wildman–Crippen LogP) is 2.77. The largest absolute Gasteiger partial charge is 0.497 e. The molecule has 0 aromatic heterocycles. The molecule has 0 radical (unpaired) electrons. The van der Waals surface area contributed by atoms with E-state index in [2.05, 4.69) is 0 Å². The van der Waals surface area contributed by atoms with Gasteiger partial charge in [-0.25, -0.2) is 0 Å². The summed E-state index contributed by atoms with van der Waals surface area (Å²) in [4.78, 5) is 24.8. The van der Waals surface area contributed by atoms with Crippen molar-refractivity contribution in [1.82, 2.24) is 4.90 Å². The van der Waals surface area contributed by atoms with Gasteiger partial charge in [0.25, 0.3) is 5.91 Å². The summed E-state index contributed by atoms with van der Waals surface area (Å²) >= 11 is 0. The molecule has 0 spiro atoms. The molecular formula is C17H16N2O5. The van der Waals surface area contributed by atoms with Gasteiger partial charge < -0.3 is 14.4 Å². The van der Waals surface area contributed by atoms with E-state index in [0.29, 0.717) is 17.7 Å². The van der Waals surface area contributed by atoms with Crippen LogP contribution >= 0.6 is 0 Å². The molecule has 0 aliphatic carbocycles. The second-order valence-electron chi connectivity index (χ2n) is 5.41. The van der Waals surface area contributed by atoms with Crippen molar-refractivity contribution in [3.63, 3.8) is 0 Å². The summed E-state index contributed by atoms with van der Waals surface area (Å²) in [5.74, 6) is 0.740. The number of carbonyl (C=O) groups is 1. The van der Waals surface area contributed by atoms with Crippen molar-refractivity contribution in [2.75, 3.05) is 14.2 Å². The van der Waals surface area contributed by atoms with Crippen LogP contribution in [0.15, 0.2) is 36.4 Å². The summed E-state index contributed by atoms with van der Waals surface area (Å²) in [7, 11) is 2.97. The van der Waals surface area contributed by atoms with Crippen LogP contribution in [-0.2, 0) is 13.1 Å². The van der Waals surface area contributed by atoms with Crippen molar-refractivity contribution in [2.24, 2.45) is 0 Å². The number of nitrogens with zero attached hydrogens (tertiary/aromatic N) is 2. The number of hydrogen-bond donors (Lipinski definition) is 0. The highest BCUT2D eigenvalue weighted by Crippen LogP contribution is 2.38. The summed E-state index contributed by atoms with van der Waals surface area (Å²) in [5, 5.41) is 11.1. The molecule has 1 aliphatic heterocycles. The number of methoxy groups -OCH3 is 2. The van der Waals surface area contributed by atoms with Crippen molar-refractivity contribution < 1.29 is 19.2 Å². The quantitative estimate of drug-likeness (QED) is 0.622. The van der Waals surface area contributed by atoms with Gasteiger partial charge in [0.05, 0.1) is 25.7 Å². The Morgan fingerprint density at radius 2 is 1.83 bits per heavy atom. The van der Waals surface area contributed by atoms with Gasteiger partial charge in [0.2, 0.25) is 5.75 Å². The number of benzene rings is 2. The zero-order chi connectivity index (χ0) is 17.3. The number of nitro benzene ring substituents is 1. The minimum absolute atomic E-state index is 0.129. The third-order valence-electron chi connectivity index (χ3n) is 4.04. The van der Waals surface area contributed by atoms with Crippen LogP contribution in [0.1, 0.15) is 21.5 Å². The van der Waals surface area contributed by atoms with Crippen molar-refractivity contribution in [3.8, 4) is 11.5 Å². The maximum absolute atomic E-state index is 12.5. The SMILES string of the molecule is COc1ccc(CN2Cc3c(ccc([N+](=O)[O-])c3OC)C2=O)cc1. The molecule has 7 heteroatoms. The smallest absolute Gasteiger partial charge is 0.311 e. The molecule has 7 nitrogen and oxygen atoms in total. The zero-order valence-electron chi connectivity index (χ0n) is 13.3. The van der Waals surface area contributed by atoms with E-state index in [1.54, 1.807) is 12.0 Å². The first-order valence-corrected chi connectivity index (χ1v) is 7.31. The summed E-state index contributed by atoms with van der Waals surface area (Å²) in [6.07, 6.45) is 0. The van der Waals surface area contributed by atoms with Crippen LogP contribution in [0.5, 0.6) is 11.5 Å². The van der Waals surface area contributed by atoms with Gasteiger partial charge in [-0.1, -0.05) is 12.1 Å². The molecule has 1 amide bonds. The Hall–Kier alpha value is -3.09. The lowest BCUT2D eigenvalue weighted by Gasteiger charge is -2.16. The molecule has 0 saturated carbocycles. The Balaban J connectivity index is 1.88. The van der Waals surface area contributed by atoms with Crippen LogP contribution in [0.25, 0.3) is 0 Å². The topological polar surface area (TPSA) is 81.9 Å². The molecule has 0 fully saturated rings. The summed E-state index contributed by atoms with van der Waals surface area (Å²) in [6, 6.07) is 10.2. The highest BCUT2D eigenvalue weighted by molar-refractivity contribution is 5.99. The average molecular weight is 328 g/mol. The molecule has 24 heavy (non-hydrogen) atoms. The highest BCUT2D eigenvalue weighted by atomic mass is 16.6. The predicted molar refractivity (Wildman–Crippen MR) is 86.2 cm³/mol. The van der Waals surface area contributed by atoms with Crippen LogP contribution < -0.4 is 9.47 Å². The Bertz CT molecular complexity index is 801. The van der Waals surface area contributed by atoms with E-state index in [-0.39, 0.29) is 23.9 Å². The molecule has 0 bridgehead atoms. The van der Waals surface area contributed by atoms with E-state index in [4.69, 9.17) is 9.47 Å². The van der Waals surface area contributed by atoms with Gasteiger partial charge >= 0.3 is 5.69 Å². The number of fused-ring (bicyclic) bond motifs is 1. The van der Waals surface area contributed by atoms with Gasteiger partial charge in [0.1, 0.15) is 5.75 Å². The monoisotopic (exact) mass is 328 g/mol. The standard InChI is InChI=1S/C17H16N2O5/c1-23-12-5-3-11(4-6-12)9-18-10-14-13(17(18)20)7-8-15(19(21)22)16(14)24-2/h3-8H,9-10H2,1-2H3. The second-order valence-corrected chi connectivity index (χ2v) is 5.41. The maximum Gasteiger partial charge on any atom is 0.311 e. The number of rotatable bonds is 5. The molecule has 1 aliphatic rings. The second kappa shape index (κ2) is 6.19. The Kier molecular flexibility index (Phi) is 4.07. The number of nitro groups is 1. The molecule has 0 atom stereocenters. The van der Waals surface area contributed by atoms with Crippen LogP contribution in [0.2, 0.25) is 0 Å². The van der Waals surface area contributed by atoms with Gasteiger partial charge in [-0.2, -0.15) is 0 Å². The van der Waals surface area contributed by atoms with Crippen LogP contribution in [0, 0.1) is 10.1 Å². The third-order valence-corrected chi connectivity index (χ3v) is 4.04. The first kappa shape index (κ1) is 15.8. The fourth-order valence-corrected chi connectivity index (χ4v) is 2.86. The molecule has 3 rings (SSSR count). The third kappa shape index (κ3) is 2.64. The molecule has 0 N–H and O–H groups in total. The van der Waals surface area contributed by atoms with Gasteiger partial charge in [-0.3, -0.25) is 14.9 Å². The molecule has 0 saturated heterocycles. The average Bonchev–Trinajstić information content (AvgIpc) is 2.90. The molecule has 2 aromatic rings. The Morgan fingerprint density at radius 3 is 2.42 bits per heavy atom. The minimum atomic E-state index is -0.504.